The maximum absolute atomic E-state index is 4.31. The molecular formula is C15H15N5. The molecule has 0 spiro atoms. The Morgan fingerprint density at radius 2 is 1.90 bits per heavy atom. The lowest BCUT2D eigenvalue weighted by Crippen LogP contribution is -2.02. The fourth-order valence-corrected chi connectivity index (χ4v) is 2.19. The lowest BCUT2D eigenvalue weighted by atomic mass is 10.1. The van der Waals surface area contributed by atoms with E-state index in [-0.39, 0.29) is 0 Å². The molecule has 0 amide bonds. The summed E-state index contributed by atoms with van der Waals surface area (Å²) in [5.41, 5.74) is 2.00. The van der Waals surface area contributed by atoms with Gasteiger partial charge < -0.3 is 10.6 Å². The number of fused-ring (bicyclic) bond motifs is 1. The number of hydrogen-bond donors (Lipinski definition) is 2. The number of rotatable bonds is 3. The van der Waals surface area contributed by atoms with E-state index in [1.165, 1.54) is 0 Å². The average molecular weight is 265 g/mol. The van der Waals surface area contributed by atoms with Gasteiger partial charge >= 0.3 is 0 Å². The van der Waals surface area contributed by atoms with Gasteiger partial charge in [-0.1, -0.05) is 12.1 Å². The third kappa shape index (κ3) is 2.14. The second-order valence-corrected chi connectivity index (χ2v) is 4.47. The summed E-state index contributed by atoms with van der Waals surface area (Å²) < 4.78 is 0. The van der Waals surface area contributed by atoms with Crippen LogP contribution in [0.1, 0.15) is 5.56 Å². The molecule has 3 aromatic rings. The first kappa shape index (κ1) is 12.3. The lowest BCUT2D eigenvalue weighted by molar-refractivity contribution is 1.12. The molecule has 2 aromatic heterocycles. The third-order valence-electron chi connectivity index (χ3n) is 3.25. The molecule has 0 bridgehead atoms. The van der Waals surface area contributed by atoms with Gasteiger partial charge in [0.1, 0.15) is 18.0 Å². The fraction of sp³-hybridized carbons (Fsp3) is 0.133. The highest BCUT2D eigenvalue weighted by Gasteiger charge is 2.07. The van der Waals surface area contributed by atoms with Gasteiger partial charge in [0, 0.05) is 41.5 Å². The van der Waals surface area contributed by atoms with Gasteiger partial charge in [-0.15, -0.1) is 0 Å². The molecule has 2 N–H and O–H groups in total. The maximum Gasteiger partial charge on any atom is 0.138 e. The van der Waals surface area contributed by atoms with E-state index in [0.717, 1.165) is 33.7 Å². The zero-order chi connectivity index (χ0) is 13.9. The van der Waals surface area contributed by atoms with Crippen LogP contribution in [0, 0.1) is 6.92 Å². The minimum atomic E-state index is 0.800. The van der Waals surface area contributed by atoms with Crippen LogP contribution >= 0.6 is 0 Å². The van der Waals surface area contributed by atoms with Gasteiger partial charge in [-0.25, -0.2) is 9.97 Å². The summed E-state index contributed by atoms with van der Waals surface area (Å²) in [6.07, 6.45) is 5.19. The van der Waals surface area contributed by atoms with Crippen molar-refractivity contribution in [3.8, 4) is 0 Å². The van der Waals surface area contributed by atoms with E-state index in [1.54, 1.807) is 12.5 Å². The molecule has 20 heavy (non-hydrogen) atoms. The molecule has 0 unspecified atom stereocenters. The number of aromatic nitrogens is 3. The summed E-state index contributed by atoms with van der Waals surface area (Å²) in [6.45, 7) is 1.99. The maximum atomic E-state index is 4.31. The van der Waals surface area contributed by atoms with Crippen molar-refractivity contribution in [2.45, 2.75) is 6.92 Å². The Hall–Kier alpha value is -2.69. The van der Waals surface area contributed by atoms with Gasteiger partial charge in [-0.05, 0) is 19.1 Å². The molecule has 0 aliphatic carbocycles. The Balaban J connectivity index is 2.06. The molecule has 1 aromatic carbocycles. The largest absolute Gasteiger partial charge is 0.373 e. The minimum absolute atomic E-state index is 0.800. The van der Waals surface area contributed by atoms with Crippen LogP contribution in [0.25, 0.3) is 10.8 Å². The minimum Gasteiger partial charge on any atom is -0.373 e. The average Bonchev–Trinajstić information content (AvgIpc) is 2.50. The van der Waals surface area contributed by atoms with Crippen molar-refractivity contribution in [1.82, 2.24) is 15.0 Å². The zero-order valence-corrected chi connectivity index (χ0v) is 11.4. The molecule has 5 nitrogen and oxygen atoms in total. The van der Waals surface area contributed by atoms with Gasteiger partial charge in [-0.2, -0.15) is 0 Å². The summed E-state index contributed by atoms with van der Waals surface area (Å²) in [4.78, 5) is 12.6. The summed E-state index contributed by atoms with van der Waals surface area (Å²) in [7, 11) is 1.85. The molecule has 5 heteroatoms. The Morgan fingerprint density at radius 3 is 2.75 bits per heavy atom. The molecule has 100 valence electrons. The Kier molecular flexibility index (Phi) is 3.16. The van der Waals surface area contributed by atoms with Crippen molar-refractivity contribution in [1.29, 1.82) is 0 Å². The van der Waals surface area contributed by atoms with Crippen molar-refractivity contribution in [2.24, 2.45) is 0 Å². The number of pyridine rings is 1. The highest BCUT2D eigenvalue weighted by Crippen LogP contribution is 2.27. The molecular weight excluding hydrogens is 250 g/mol. The molecule has 0 aliphatic rings. The summed E-state index contributed by atoms with van der Waals surface area (Å²) >= 11 is 0. The van der Waals surface area contributed by atoms with Crippen molar-refractivity contribution in [3.05, 3.63) is 48.5 Å². The number of anilines is 3. The van der Waals surface area contributed by atoms with Crippen LogP contribution in [0.2, 0.25) is 0 Å². The van der Waals surface area contributed by atoms with Crippen molar-refractivity contribution in [2.75, 3.05) is 17.7 Å². The second-order valence-electron chi connectivity index (χ2n) is 4.47. The van der Waals surface area contributed by atoms with E-state index in [9.17, 15) is 0 Å². The van der Waals surface area contributed by atoms with Crippen molar-refractivity contribution >= 4 is 28.1 Å². The van der Waals surface area contributed by atoms with Crippen LogP contribution < -0.4 is 10.6 Å². The van der Waals surface area contributed by atoms with Gasteiger partial charge in [-0.3, -0.25) is 4.98 Å². The molecule has 0 saturated carbocycles. The number of nitrogens with zero attached hydrogens (tertiary/aromatic N) is 3. The Labute approximate surface area is 117 Å². The number of hydrogen-bond acceptors (Lipinski definition) is 5. The predicted octanol–water partition coefficient (Wildman–Crippen LogP) is 3.12. The first-order valence-electron chi connectivity index (χ1n) is 6.38. The molecule has 0 saturated heterocycles. The number of nitrogens with one attached hydrogen (secondary N) is 2. The van der Waals surface area contributed by atoms with Crippen LogP contribution in [0.15, 0.2) is 43.0 Å². The Morgan fingerprint density at radius 1 is 1.05 bits per heavy atom. The normalized spacial score (nSPS) is 10.5. The highest BCUT2D eigenvalue weighted by atomic mass is 15.1. The van der Waals surface area contributed by atoms with Crippen LogP contribution in [0.3, 0.4) is 0 Å². The van der Waals surface area contributed by atoms with Gasteiger partial charge in [0.2, 0.25) is 0 Å². The SMILES string of the molecule is CNc1ncnc(Nc2cccc3cnccc23)c1C. The van der Waals surface area contributed by atoms with E-state index in [1.807, 2.05) is 44.4 Å². The van der Waals surface area contributed by atoms with E-state index < -0.39 is 0 Å². The monoisotopic (exact) mass is 265 g/mol. The fourth-order valence-electron chi connectivity index (χ4n) is 2.19. The molecule has 3 rings (SSSR count). The van der Waals surface area contributed by atoms with E-state index in [0.29, 0.717) is 0 Å². The first-order valence-corrected chi connectivity index (χ1v) is 6.38. The Bertz CT molecular complexity index is 749. The third-order valence-corrected chi connectivity index (χ3v) is 3.25. The topological polar surface area (TPSA) is 62.7 Å². The van der Waals surface area contributed by atoms with E-state index in [2.05, 4.69) is 25.6 Å². The molecule has 0 aliphatic heterocycles. The zero-order valence-electron chi connectivity index (χ0n) is 11.4. The highest BCUT2D eigenvalue weighted by molar-refractivity contribution is 5.94. The summed E-state index contributed by atoms with van der Waals surface area (Å²) in [5, 5.41) is 8.64. The van der Waals surface area contributed by atoms with Crippen molar-refractivity contribution in [3.63, 3.8) is 0 Å². The van der Waals surface area contributed by atoms with Crippen LogP contribution in [-0.2, 0) is 0 Å². The quantitative estimate of drug-likeness (QED) is 0.761. The van der Waals surface area contributed by atoms with Crippen LogP contribution in [0.4, 0.5) is 17.3 Å². The first-order chi connectivity index (χ1) is 9.79. The number of benzene rings is 1. The van der Waals surface area contributed by atoms with Gasteiger partial charge in [0.15, 0.2) is 0 Å². The second kappa shape index (κ2) is 5.13. The summed E-state index contributed by atoms with van der Waals surface area (Å²) in [5.74, 6) is 1.62. The predicted molar refractivity (Wildman–Crippen MR) is 81.3 cm³/mol. The molecule has 2 heterocycles. The van der Waals surface area contributed by atoms with Crippen molar-refractivity contribution < 1.29 is 0 Å². The van der Waals surface area contributed by atoms with Gasteiger partial charge in [0.05, 0.1) is 0 Å². The smallest absolute Gasteiger partial charge is 0.138 e. The van der Waals surface area contributed by atoms with E-state index >= 15 is 0 Å². The van der Waals surface area contributed by atoms with Crippen LogP contribution in [-0.4, -0.2) is 22.0 Å². The summed E-state index contributed by atoms with van der Waals surface area (Å²) in [6, 6.07) is 8.07. The molecule has 0 radical (unpaired) electrons. The standard InChI is InChI=1S/C15H15N5/c1-10-14(16-2)18-9-19-15(10)20-13-5-3-4-11-8-17-7-6-12(11)13/h3-9H,1-2H3,(H2,16,18,19,20). The lowest BCUT2D eigenvalue weighted by Gasteiger charge is -2.12. The molecule has 0 fully saturated rings. The van der Waals surface area contributed by atoms with Gasteiger partial charge in [0.25, 0.3) is 0 Å². The van der Waals surface area contributed by atoms with E-state index in [4.69, 9.17) is 0 Å². The van der Waals surface area contributed by atoms with Crippen LogP contribution in [0.5, 0.6) is 0 Å². The molecule has 0 atom stereocenters.